The first-order valence-corrected chi connectivity index (χ1v) is 9.47. The van der Waals surface area contributed by atoms with Crippen molar-refractivity contribution in [2.24, 2.45) is 11.7 Å². The van der Waals surface area contributed by atoms with Gasteiger partial charge in [0.2, 0.25) is 5.82 Å². The number of thioether (sulfide) groups is 1. The summed E-state index contributed by atoms with van der Waals surface area (Å²) in [5.41, 5.74) is 9.12. The van der Waals surface area contributed by atoms with E-state index in [1.165, 1.54) is 0 Å². The van der Waals surface area contributed by atoms with E-state index in [2.05, 4.69) is 4.98 Å². The molecule has 0 saturated heterocycles. The fraction of sp³-hybridized carbons (Fsp3) is 0.500. The highest BCUT2D eigenvalue weighted by Gasteiger charge is 2.51. The van der Waals surface area contributed by atoms with Gasteiger partial charge in [0.15, 0.2) is 0 Å². The highest BCUT2D eigenvalue weighted by atomic mass is 32.2. The Morgan fingerprint density at radius 1 is 1.29 bits per heavy atom. The van der Waals surface area contributed by atoms with Gasteiger partial charge in [0, 0.05) is 6.07 Å². The smallest absolute Gasteiger partial charge is 0.378 e. The van der Waals surface area contributed by atoms with Gasteiger partial charge >= 0.3 is 11.9 Å². The second-order valence-electron chi connectivity index (χ2n) is 6.65. The van der Waals surface area contributed by atoms with Crippen LogP contribution in [0.2, 0.25) is 0 Å². The molecule has 0 radical (unpaired) electrons. The fourth-order valence-electron chi connectivity index (χ4n) is 3.62. The number of aromatic nitrogens is 1. The molecule has 2 heterocycles. The molecule has 1 fully saturated rings. The monoisotopic (exact) mass is 417 g/mol. The summed E-state index contributed by atoms with van der Waals surface area (Å²) < 4.78 is 41.6. The average molecular weight is 417 g/mol. The number of carbonyl (C=O) groups is 1. The van der Waals surface area contributed by atoms with Crippen LogP contribution in [0.3, 0.4) is 0 Å². The van der Waals surface area contributed by atoms with E-state index in [-0.39, 0.29) is 11.7 Å². The van der Waals surface area contributed by atoms with E-state index >= 15 is 0 Å². The summed E-state index contributed by atoms with van der Waals surface area (Å²) in [6, 6.07) is 2.12. The van der Waals surface area contributed by atoms with Crippen molar-refractivity contribution in [2.75, 3.05) is 10.6 Å². The quantitative estimate of drug-likeness (QED) is 0.568. The molecule has 8 nitrogen and oxygen atoms in total. The molecule has 12 heteroatoms. The molecule has 152 valence electrons. The molecule has 1 aromatic rings. The molecule has 1 aromatic heterocycles. The lowest BCUT2D eigenvalue weighted by molar-refractivity contribution is -0.384. The number of nitrogen functional groups attached to an aromatic ring is 1. The van der Waals surface area contributed by atoms with Crippen LogP contribution in [-0.4, -0.2) is 27.4 Å². The third-order valence-corrected chi connectivity index (χ3v) is 6.29. The van der Waals surface area contributed by atoms with Gasteiger partial charge in [-0.3, -0.25) is 14.9 Å². The van der Waals surface area contributed by atoms with Crippen LogP contribution in [0.5, 0.6) is 0 Å². The lowest BCUT2D eigenvalue weighted by atomic mass is 9.88. The SMILES string of the molecule is NC(=O)C1=C(C(F)(F)F)N(c2ccc([N+](=O)[O-])c(N)n2)C(C2CCCCC2)S1. The highest BCUT2D eigenvalue weighted by Crippen LogP contribution is 2.51. The van der Waals surface area contributed by atoms with E-state index < -0.39 is 44.5 Å². The molecule has 1 aliphatic carbocycles. The maximum atomic E-state index is 13.9. The van der Waals surface area contributed by atoms with Crippen molar-refractivity contribution in [1.29, 1.82) is 0 Å². The van der Waals surface area contributed by atoms with Crippen LogP contribution < -0.4 is 16.4 Å². The summed E-state index contributed by atoms with van der Waals surface area (Å²) in [4.78, 5) is 26.1. The fourth-order valence-corrected chi connectivity index (χ4v) is 5.09. The number of hydrogen-bond acceptors (Lipinski definition) is 7. The molecule has 1 atom stereocenters. The lowest BCUT2D eigenvalue weighted by Crippen LogP contribution is -2.40. The predicted molar refractivity (Wildman–Crippen MR) is 98.0 cm³/mol. The third-order valence-electron chi connectivity index (χ3n) is 4.83. The molecule has 28 heavy (non-hydrogen) atoms. The van der Waals surface area contributed by atoms with Gasteiger partial charge in [0.25, 0.3) is 5.91 Å². The van der Waals surface area contributed by atoms with Crippen molar-refractivity contribution in [1.82, 2.24) is 4.98 Å². The lowest BCUT2D eigenvalue weighted by Gasteiger charge is -2.35. The summed E-state index contributed by atoms with van der Waals surface area (Å²) in [6.07, 6.45) is -0.712. The number of hydrogen-bond donors (Lipinski definition) is 2. The predicted octanol–water partition coefficient (Wildman–Crippen LogP) is 3.29. The number of nitro groups is 1. The van der Waals surface area contributed by atoms with Gasteiger partial charge in [-0.25, -0.2) is 4.98 Å². The van der Waals surface area contributed by atoms with Crippen molar-refractivity contribution < 1.29 is 22.9 Å². The number of halogens is 3. The Bertz CT molecular complexity index is 839. The summed E-state index contributed by atoms with van der Waals surface area (Å²) in [7, 11) is 0. The number of nitrogens with two attached hydrogens (primary N) is 2. The van der Waals surface area contributed by atoms with Crippen LogP contribution in [0.4, 0.5) is 30.5 Å². The summed E-state index contributed by atoms with van der Waals surface area (Å²) >= 11 is 0.776. The Morgan fingerprint density at radius 2 is 1.93 bits per heavy atom. The minimum atomic E-state index is -4.86. The van der Waals surface area contributed by atoms with E-state index in [1.807, 2.05) is 0 Å². The highest BCUT2D eigenvalue weighted by molar-refractivity contribution is 8.05. The van der Waals surface area contributed by atoms with Crippen LogP contribution in [0.1, 0.15) is 32.1 Å². The van der Waals surface area contributed by atoms with Gasteiger partial charge in [-0.1, -0.05) is 31.0 Å². The van der Waals surface area contributed by atoms with Gasteiger partial charge in [0.1, 0.15) is 16.4 Å². The minimum Gasteiger partial charge on any atom is -0.378 e. The zero-order valence-corrected chi connectivity index (χ0v) is 15.4. The van der Waals surface area contributed by atoms with Gasteiger partial charge < -0.3 is 16.4 Å². The molecular weight excluding hydrogens is 399 g/mol. The largest absolute Gasteiger partial charge is 0.432 e. The first kappa shape index (κ1) is 20.2. The Labute approximate surface area is 162 Å². The van der Waals surface area contributed by atoms with E-state index in [1.54, 1.807) is 0 Å². The molecule has 1 aliphatic heterocycles. The number of amides is 1. The number of rotatable bonds is 4. The summed E-state index contributed by atoms with van der Waals surface area (Å²) in [5, 5.41) is 10.2. The standard InChI is InChI=1S/C16H18F3N5O3S/c17-16(18,19)12-11(14(21)25)28-15(8-4-2-1-3-5-8)23(12)10-7-6-9(24(26)27)13(20)22-10/h6-8,15H,1-5H2,(H2,20,22)(H2,21,25). The number of pyridine rings is 1. The Balaban J connectivity index is 2.12. The second kappa shape index (κ2) is 7.49. The molecule has 0 bridgehead atoms. The molecule has 2 aliphatic rings. The maximum absolute atomic E-state index is 13.9. The van der Waals surface area contributed by atoms with Gasteiger partial charge in [-0.05, 0) is 24.8 Å². The molecule has 1 unspecified atom stereocenters. The number of primary amides is 1. The topological polar surface area (TPSA) is 128 Å². The third kappa shape index (κ3) is 3.73. The van der Waals surface area contributed by atoms with Crippen LogP contribution in [-0.2, 0) is 4.79 Å². The first-order chi connectivity index (χ1) is 13.1. The second-order valence-corrected chi connectivity index (χ2v) is 7.77. The molecule has 3 rings (SSSR count). The number of alkyl halides is 3. The van der Waals surface area contributed by atoms with Gasteiger partial charge in [-0.2, -0.15) is 13.2 Å². The van der Waals surface area contributed by atoms with Crippen LogP contribution in [0, 0.1) is 16.0 Å². The Hall–Kier alpha value is -2.50. The number of nitrogens with zero attached hydrogens (tertiary/aromatic N) is 3. The van der Waals surface area contributed by atoms with Crippen molar-refractivity contribution in [3.05, 3.63) is 32.8 Å². The minimum absolute atomic E-state index is 0.119. The van der Waals surface area contributed by atoms with E-state index in [0.29, 0.717) is 12.8 Å². The van der Waals surface area contributed by atoms with Crippen molar-refractivity contribution in [3.63, 3.8) is 0 Å². The molecule has 4 N–H and O–H groups in total. The van der Waals surface area contributed by atoms with Gasteiger partial charge in [-0.15, -0.1) is 0 Å². The van der Waals surface area contributed by atoms with Crippen molar-refractivity contribution in [2.45, 2.75) is 43.7 Å². The molecular formula is C16H18F3N5O3S. The average Bonchev–Trinajstić information content (AvgIpc) is 3.03. The summed E-state index contributed by atoms with van der Waals surface area (Å²) in [5.74, 6) is -1.99. The molecule has 0 spiro atoms. The Morgan fingerprint density at radius 3 is 2.43 bits per heavy atom. The normalized spacial score (nSPS) is 21.2. The first-order valence-electron chi connectivity index (χ1n) is 8.59. The molecule has 1 amide bonds. The number of anilines is 2. The van der Waals surface area contributed by atoms with E-state index in [4.69, 9.17) is 11.5 Å². The van der Waals surface area contributed by atoms with Crippen LogP contribution in [0.15, 0.2) is 22.7 Å². The Kier molecular flexibility index (Phi) is 5.41. The van der Waals surface area contributed by atoms with Crippen LogP contribution in [0.25, 0.3) is 0 Å². The van der Waals surface area contributed by atoms with E-state index in [9.17, 15) is 28.1 Å². The van der Waals surface area contributed by atoms with Crippen LogP contribution >= 0.6 is 11.8 Å². The summed E-state index contributed by atoms with van der Waals surface area (Å²) in [6.45, 7) is 0. The zero-order chi connectivity index (χ0) is 20.6. The molecule has 1 saturated carbocycles. The van der Waals surface area contributed by atoms with Gasteiger partial charge in [0.05, 0.1) is 10.3 Å². The van der Waals surface area contributed by atoms with Crippen molar-refractivity contribution in [3.8, 4) is 0 Å². The maximum Gasteiger partial charge on any atom is 0.432 e. The van der Waals surface area contributed by atoms with Crippen molar-refractivity contribution >= 4 is 35.0 Å². The zero-order valence-electron chi connectivity index (χ0n) is 14.6. The van der Waals surface area contributed by atoms with E-state index in [0.717, 1.165) is 48.1 Å². The molecule has 0 aromatic carbocycles. The number of allylic oxidation sites excluding steroid dienone is 1. The number of carbonyl (C=O) groups excluding carboxylic acids is 1.